The van der Waals surface area contributed by atoms with Crippen LogP contribution in [0.1, 0.15) is 24.8 Å². The number of carbonyl (C=O) groups is 1. The molecule has 1 aliphatic rings. The smallest absolute Gasteiger partial charge is 0.328 e. The minimum absolute atomic E-state index is 0.0161. The van der Waals surface area contributed by atoms with Crippen molar-refractivity contribution in [3.8, 4) is 11.8 Å². The van der Waals surface area contributed by atoms with Gasteiger partial charge in [-0.3, -0.25) is 0 Å². The normalized spacial score (nSPS) is 15.8. The molecule has 2 rings (SSSR count). The number of hydrogen-bond acceptors (Lipinski definition) is 3. The van der Waals surface area contributed by atoms with Gasteiger partial charge in [0, 0.05) is 23.5 Å². The summed E-state index contributed by atoms with van der Waals surface area (Å²) < 4.78 is 6.61. The fourth-order valence-electron chi connectivity index (χ4n) is 1.91. The second-order valence-electron chi connectivity index (χ2n) is 4.95. The number of nitriles is 1. The maximum Gasteiger partial charge on any atom is 0.328 e. The Bertz CT molecular complexity index is 585. The lowest BCUT2D eigenvalue weighted by molar-refractivity contribution is -0.131. The van der Waals surface area contributed by atoms with Crippen molar-refractivity contribution in [2.75, 3.05) is 6.61 Å². The van der Waals surface area contributed by atoms with Crippen LogP contribution in [0.25, 0.3) is 6.08 Å². The van der Waals surface area contributed by atoms with Crippen molar-refractivity contribution in [2.24, 2.45) is 5.41 Å². The Kier molecular flexibility index (Phi) is 4.46. The van der Waals surface area contributed by atoms with E-state index in [0.29, 0.717) is 24.3 Å². The Hall–Kier alpha value is -1.80. The van der Waals surface area contributed by atoms with E-state index < -0.39 is 5.97 Å². The van der Waals surface area contributed by atoms with Crippen LogP contribution in [0.5, 0.6) is 5.75 Å². The molecule has 0 bridgehead atoms. The zero-order valence-electron chi connectivity index (χ0n) is 10.8. The minimum atomic E-state index is -1.00. The third kappa shape index (κ3) is 3.61. The molecule has 0 heterocycles. The summed E-state index contributed by atoms with van der Waals surface area (Å²) in [5, 5.41) is 17.5. The highest BCUT2D eigenvalue weighted by molar-refractivity contribution is 9.10. The lowest BCUT2D eigenvalue weighted by atomic mass is 10.1. The van der Waals surface area contributed by atoms with E-state index >= 15 is 0 Å². The summed E-state index contributed by atoms with van der Waals surface area (Å²) in [4.78, 5) is 10.6. The van der Waals surface area contributed by atoms with Crippen molar-refractivity contribution in [3.63, 3.8) is 0 Å². The number of nitrogens with zero attached hydrogens (tertiary/aromatic N) is 1. The molecule has 1 aliphatic carbocycles. The first kappa shape index (κ1) is 14.6. The Labute approximate surface area is 125 Å². The molecule has 1 fully saturated rings. The van der Waals surface area contributed by atoms with Gasteiger partial charge in [-0.1, -0.05) is 12.1 Å². The summed E-state index contributed by atoms with van der Waals surface area (Å²) in [6, 6.07) is 7.65. The van der Waals surface area contributed by atoms with Crippen LogP contribution in [-0.4, -0.2) is 17.7 Å². The fourth-order valence-corrected chi connectivity index (χ4v) is 2.41. The van der Waals surface area contributed by atoms with Gasteiger partial charge in [-0.25, -0.2) is 4.79 Å². The topological polar surface area (TPSA) is 70.3 Å². The number of hydrogen-bond donors (Lipinski definition) is 1. The lowest BCUT2D eigenvalue weighted by Gasteiger charge is -2.16. The van der Waals surface area contributed by atoms with Gasteiger partial charge in [0.2, 0.25) is 0 Å². The van der Waals surface area contributed by atoms with E-state index in [9.17, 15) is 4.79 Å². The summed E-state index contributed by atoms with van der Waals surface area (Å²) in [7, 11) is 0. The highest BCUT2D eigenvalue weighted by atomic mass is 79.9. The summed E-state index contributed by atoms with van der Waals surface area (Å²) in [5.74, 6) is -0.381. The van der Waals surface area contributed by atoms with E-state index in [0.717, 1.165) is 23.4 Å². The van der Waals surface area contributed by atoms with Crippen LogP contribution in [0.4, 0.5) is 0 Å². The van der Waals surface area contributed by atoms with Crippen LogP contribution in [0.2, 0.25) is 0 Å². The first-order valence-corrected chi connectivity index (χ1v) is 7.05. The maximum absolute atomic E-state index is 10.6. The predicted octanol–water partition coefficient (Wildman–Crippen LogP) is 3.62. The van der Waals surface area contributed by atoms with Gasteiger partial charge in [0.1, 0.15) is 5.75 Å². The van der Waals surface area contributed by atoms with E-state index in [1.807, 2.05) is 12.1 Å². The molecule has 1 aromatic carbocycles. The number of ether oxygens (including phenoxy) is 1. The van der Waals surface area contributed by atoms with E-state index in [1.54, 1.807) is 6.07 Å². The SMILES string of the molecule is N#CCC1(COc2c(Br)cccc2C=CC(=O)O)CC1. The van der Waals surface area contributed by atoms with Crippen LogP contribution in [0, 0.1) is 16.7 Å². The van der Waals surface area contributed by atoms with Crippen LogP contribution < -0.4 is 4.74 Å². The molecule has 1 saturated carbocycles. The molecule has 0 unspecified atom stereocenters. The standard InChI is InChI=1S/C15H14BrNO3/c16-12-3-1-2-11(4-5-13(18)19)14(12)20-10-15(6-7-15)8-9-17/h1-5H,6-8,10H2,(H,18,19). The second kappa shape index (κ2) is 6.10. The highest BCUT2D eigenvalue weighted by Crippen LogP contribution is 2.49. The summed E-state index contributed by atoms with van der Waals surface area (Å²) in [5.41, 5.74) is 0.687. The van der Waals surface area contributed by atoms with Gasteiger partial charge in [-0.05, 0) is 40.9 Å². The first-order valence-electron chi connectivity index (χ1n) is 6.26. The van der Waals surface area contributed by atoms with Crippen LogP contribution in [-0.2, 0) is 4.79 Å². The Balaban J connectivity index is 2.14. The van der Waals surface area contributed by atoms with Gasteiger partial charge >= 0.3 is 5.97 Å². The molecule has 0 spiro atoms. The molecule has 20 heavy (non-hydrogen) atoms. The van der Waals surface area contributed by atoms with Crippen LogP contribution in [0.15, 0.2) is 28.7 Å². The monoisotopic (exact) mass is 335 g/mol. The highest BCUT2D eigenvalue weighted by Gasteiger charge is 2.43. The van der Waals surface area contributed by atoms with E-state index in [-0.39, 0.29) is 5.41 Å². The number of rotatable bonds is 6. The molecule has 4 nitrogen and oxygen atoms in total. The van der Waals surface area contributed by atoms with Crippen molar-refractivity contribution in [2.45, 2.75) is 19.3 Å². The van der Waals surface area contributed by atoms with Crippen molar-refractivity contribution < 1.29 is 14.6 Å². The Morgan fingerprint density at radius 3 is 2.90 bits per heavy atom. The van der Waals surface area contributed by atoms with Crippen molar-refractivity contribution in [1.82, 2.24) is 0 Å². The molecule has 104 valence electrons. The van der Waals surface area contributed by atoms with Gasteiger partial charge in [0.15, 0.2) is 0 Å². The minimum Gasteiger partial charge on any atom is -0.491 e. The van der Waals surface area contributed by atoms with Crippen LogP contribution >= 0.6 is 15.9 Å². The zero-order chi connectivity index (χ0) is 14.6. The van der Waals surface area contributed by atoms with Gasteiger partial charge < -0.3 is 9.84 Å². The van der Waals surface area contributed by atoms with Gasteiger partial charge in [-0.2, -0.15) is 5.26 Å². The first-order chi connectivity index (χ1) is 9.56. The van der Waals surface area contributed by atoms with Gasteiger partial charge in [-0.15, -0.1) is 0 Å². The molecule has 0 radical (unpaired) electrons. The molecule has 0 amide bonds. The largest absolute Gasteiger partial charge is 0.491 e. The molecule has 0 aromatic heterocycles. The number of para-hydroxylation sites is 1. The van der Waals surface area contributed by atoms with Crippen molar-refractivity contribution >= 4 is 28.0 Å². The summed E-state index contributed by atoms with van der Waals surface area (Å²) in [6.45, 7) is 0.483. The molecule has 5 heteroatoms. The van der Waals surface area contributed by atoms with E-state index in [1.165, 1.54) is 6.08 Å². The van der Waals surface area contributed by atoms with Gasteiger partial charge in [0.25, 0.3) is 0 Å². The summed E-state index contributed by atoms with van der Waals surface area (Å²) in [6.07, 6.45) is 5.09. The fraction of sp³-hybridized carbons (Fsp3) is 0.333. The van der Waals surface area contributed by atoms with Crippen LogP contribution in [0.3, 0.4) is 0 Å². The number of carboxylic acids is 1. The lowest BCUT2D eigenvalue weighted by Crippen LogP contribution is -2.13. The number of carboxylic acid groups (broad SMARTS) is 1. The Morgan fingerprint density at radius 2 is 2.30 bits per heavy atom. The quantitative estimate of drug-likeness (QED) is 0.806. The van der Waals surface area contributed by atoms with E-state index in [2.05, 4.69) is 22.0 Å². The van der Waals surface area contributed by atoms with E-state index in [4.69, 9.17) is 15.1 Å². The number of aliphatic carboxylic acids is 1. The molecule has 0 aliphatic heterocycles. The molecule has 0 atom stereocenters. The Morgan fingerprint density at radius 1 is 1.55 bits per heavy atom. The summed E-state index contributed by atoms with van der Waals surface area (Å²) >= 11 is 3.41. The molecular weight excluding hydrogens is 322 g/mol. The molecular formula is C15H14BrNO3. The maximum atomic E-state index is 10.6. The zero-order valence-corrected chi connectivity index (χ0v) is 12.4. The molecule has 0 saturated heterocycles. The number of halogens is 1. The average molecular weight is 336 g/mol. The van der Waals surface area contributed by atoms with Gasteiger partial charge in [0.05, 0.1) is 17.1 Å². The average Bonchev–Trinajstić information content (AvgIpc) is 3.16. The second-order valence-corrected chi connectivity index (χ2v) is 5.81. The van der Waals surface area contributed by atoms with Crippen molar-refractivity contribution in [1.29, 1.82) is 5.26 Å². The predicted molar refractivity (Wildman–Crippen MR) is 78.2 cm³/mol. The molecule has 1 N–H and O–H groups in total. The molecule has 1 aromatic rings. The van der Waals surface area contributed by atoms with Crippen molar-refractivity contribution in [3.05, 3.63) is 34.3 Å². The number of benzene rings is 1. The third-order valence-electron chi connectivity index (χ3n) is 3.34. The third-order valence-corrected chi connectivity index (χ3v) is 3.96.